The molecule has 0 bridgehead atoms. The minimum absolute atomic E-state index is 0.282. The van der Waals surface area contributed by atoms with E-state index < -0.39 is 0 Å². The van der Waals surface area contributed by atoms with Crippen molar-refractivity contribution in [2.24, 2.45) is 5.41 Å². The number of nitrogen functional groups attached to an aromatic ring is 1. The van der Waals surface area contributed by atoms with Gasteiger partial charge in [0.1, 0.15) is 5.52 Å². The fourth-order valence-electron chi connectivity index (χ4n) is 2.36. The molecule has 0 saturated carbocycles. The summed E-state index contributed by atoms with van der Waals surface area (Å²) in [6.07, 6.45) is 2.79. The van der Waals surface area contributed by atoms with E-state index in [0.717, 1.165) is 30.8 Å². The van der Waals surface area contributed by atoms with Crippen molar-refractivity contribution in [3.8, 4) is 0 Å². The Kier molecular flexibility index (Phi) is 2.01. The Morgan fingerprint density at radius 1 is 1.41 bits per heavy atom. The molecule has 2 aromatic rings. The topological polar surface area (TPSA) is 83.7 Å². The molecule has 2 aromatic heterocycles. The van der Waals surface area contributed by atoms with E-state index in [2.05, 4.69) is 38.7 Å². The fourth-order valence-corrected chi connectivity index (χ4v) is 2.36. The van der Waals surface area contributed by atoms with Crippen molar-refractivity contribution in [2.75, 3.05) is 23.7 Å². The van der Waals surface area contributed by atoms with Crippen LogP contribution >= 0.6 is 0 Å². The largest absolute Gasteiger partial charge is 0.368 e. The molecule has 0 radical (unpaired) electrons. The number of aromatic nitrogens is 4. The molecular formula is C11H16N6. The van der Waals surface area contributed by atoms with Crippen LogP contribution in [0.15, 0.2) is 6.33 Å². The monoisotopic (exact) mass is 232 g/mol. The third-order valence-corrected chi connectivity index (χ3v) is 3.26. The van der Waals surface area contributed by atoms with Gasteiger partial charge in [-0.1, -0.05) is 13.8 Å². The van der Waals surface area contributed by atoms with Gasteiger partial charge in [0.15, 0.2) is 11.5 Å². The Bertz CT molecular complexity index is 558. The van der Waals surface area contributed by atoms with Gasteiger partial charge in [-0.05, 0) is 11.8 Å². The lowest BCUT2D eigenvalue weighted by atomic mass is 9.93. The Labute approximate surface area is 99.3 Å². The minimum atomic E-state index is 0.282. The van der Waals surface area contributed by atoms with Gasteiger partial charge in [0, 0.05) is 13.1 Å². The first-order valence-electron chi connectivity index (χ1n) is 5.77. The van der Waals surface area contributed by atoms with E-state index in [1.807, 2.05) is 0 Å². The molecule has 17 heavy (non-hydrogen) atoms. The molecule has 3 N–H and O–H groups in total. The van der Waals surface area contributed by atoms with Crippen molar-refractivity contribution in [1.82, 2.24) is 19.9 Å². The second-order valence-corrected chi connectivity index (χ2v) is 5.34. The first-order valence-corrected chi connectivity index (χ1v) is 5.77. The molecule has 6 heteroatoms. The highest BCUT2D eigenvalue weighted by atomic mass is 15.2. The number of hydrogen-bond acceptors (Lipinski definition) is 5. The van der Waals surface area contributed by atoms with Crippen molar-refractivity contribution in [3.63, 3.8) is 0 Å². The average molecular weight is 232 g/mol. The maximum Gasteiger partial charge on any atom is 0.224 e. The normalized spacial score (nSPS) is 19.1. The molecule has 90 valence electrons. The predicted octanol–water partition coefficient (Wildman–Crippen LogP) is 1.17. The van der Waals surface area contributed by atoms with E-state index in [4.69, 9.17) is 5.73 Å². The van der Waals surface area contributed by atoms with Gasteiger partial charge >= 0.3 is 0 Å². The Balaban J connectivity index is 2.08. The number of imidazole rings is 1. The van der Waals surface area contributed by atoms with Crippen molar-refractivity contribution >= 4 is 22.9 Å². The molecule has 1 aliphatic rings. The van der Waals surface area contributed by atoms with Crippen molar-refractivity contribution in [1.29, 1.82) is 0 Å². The van der Waals surface area contributed by atoms with E-state index in [-0.39, 0.29) is 5.95 Å². The number of rotatable bonds is 1. The van der Waals surface area contributed by atoms with Gasteiger partial charge in [-0.3, -0.25) is 0 Å². The van der Waals surface area contributed by atoms with Gasteiger partial charge in [0.05, 0.1) is 6.33 Å². The summed E-state index contributed by atoms with van der Waals surface area (Å²) < 4.78 is 0. The van der Waals surface area contributed by atoms with E-state index >= 15 is 0 Å². The Morgan fingerprint density at radius 3 is 2.94 bits per heavy atom. The molecule has 0 unspecified atom stereocenters. The van der Waals surface area contributed by atoms with Crippen LogP contribution in [0, 0.1) is 5.41 Å². The molecule has 3 rings (SSSR count). The lowest BCUT2D eigenvalue weighted by molar-refractivity contribution is 0.418. The molecule has 6 nitrogen and oxygen atoms in total. The van der Waals surface area contributed by atoms with Gasteiger partial charge in [0.25, 0.3) is 0 Å². The minimum Gasteiger partial charge on any atom is -0.368 e. The standard InChI is InChI=1S/C11H16N6/c1-11(2)3-4-17(5-11)9-7-8(14-6-13-7)15-10(12)16-9/h6H,3-5H2,1-2H3,(H3,12,13,14,15,16). The average Bonchev–Trinajstić information content (AvgIpc) is 2.82. The van der Waals surface area contributed by atoms with Gasteiger partial charge in [-0.15, -0.1) is 0 Å². The second kappa shape index (κ2) is 3.32. The van der Waals surface area contributed by atoms with E-state index in [9.17, 15) is 0 Å². The van der Waals surface area contributed by atoms with Crippen LogP contribution < -0.4 is 10.6 Å². The molecule has 0 spiro atoms. The maximum atomic E-state index is 5.72. The highest BCUT2D eigenvalue weighted by molar-refractivity contribution is 5.84. The number of H-pyrrole nitrogens is 1. The van der Waals surface area contributed by atoms with Crippen LogP contribution in [0.25, 0.3) is 11.2 Å². The Hall–Kier alpha value is -1.85. The summed E-state index contributed by atoms with van der Waals surface area (Å²) in [7, 11) is 0. The van der Waals surface area contributed by atoms with Crippen LogP contribution in [0.3, 0.4) is 0 Å². The van der Waals surface area contributed by atoms with Gasteiger partial charge < -0.3 is 15.6 Å². The summed E-state index contributed by atoms with van der Waals surface area (Å²) in [6.45, 7) is 6.51. The van der Waals surface area contributed by atoms with Crippen LogP contribution in [0.5, 0.6) is 0 Å². The van der Waals surface area contributed by atoms with Crippen LogP contribution in [0.1, 0.15) is 20.3 Å². The first-order chi connectivity index (χ1) is 8.05. The summed E-state index contributed by atoms with van der Waals surface area (Å²) in [4.78, 5) is 17.9. The summed E-state index contributed by atoms with van der Waals surface area (Å²) in [5.74, 6) is 1.15. The van der Waals surface area contributed by atoms with Gasteiger partial charge in [-0.25, -0.2) is 4.98 Å². The maximum absolute atomic E-state index is 5.72. The third-order valence-electron chi connectivity index (χ3n) is 3.26. The summed E-state index contributed by atoms with van der Waals surface area (Å²) in [6, 6.07) is 0. The highest BCUT2D eigenvalue weighted by Crippen LogP contribution is 2.33. The molecule has 0 aliphatic carbocycles. The smallest absolute Gasteiger partial charge is 0.224 e. The van der Waals surface area contributed by atoms with Gasteiger partial charge in [0.2, 0.25) is 5.95 Å². The van der Waals surface area contributed by atoms with Crippen LogP contribution in [-0.4, -0.2) is 33.0 Å². The molecule has 1 saturated heterocycles. The van der Waals surface area contributed by atoms with E-state index in [0.29, 0.717) is 11.1 Å². The number of fused-ring (bicyclic) bond motifs is 1. The molecular weight excluding hydrogens is 216 g/mol. The predicted molar refractivity (Wildman–Crippen MR) is 66.7 cm³/mol. The van der Waals surface area contributed by atoms with Crippen molar-refractivity contribution in [2.45, 2.75) is 20.3 Å². The van der Waals surface area contributed by atoms with Crippen molar-refractivity contribution < 1.29 is 0 Å². The van der Waals surface area contributed by atoms with Crippen LogP contribution in [-0.2, 0) is 0 Å². The van der Waals surface area contributed by atoms with Crippen LogP contribution in [0.4, 0.5) is 11.8 Å². The lowest BCUT2D eigenvalue weighted by Crippen LogP contribution is -2.24. The first kappa shape index (κ1) is 10.3. The quantitative estimate of drug-likeness (QED) is 0.771. The van der Waals surface area contributed by atoms with Gasteiger partial charge in [-0.2, -0.15) is 9.97 Å². The fraction of sp³-hybridized carbons (Fsp3) is 0.545. The van der Waals surface area contributed by atoms with E-state index in [1.54, 1.807) is 6.33 Å². The zero-order chi connectivity index (χ0) is 12.0. The second-order valence-electron chi connectivity index (χ2n) is 5.34. The van der Waals surface area contributed by atoms with Crippen LogP contribution in [0.2, 0.25) is 0 Å². The summed E-state index contributed by atoms with van der Waals surface area (Å²) in [5.41, 5.74) is 7.55. The summed E-state index contributed by atoms with van der Waals surface area (Å²) >= 11 is 0. The zero-order valence-corrected chi connectivity index (χ0v) is 10.1. The number of hydrogen-bond donors (Lipinski definition) is 2. The molecule has 1 fully saturated rings. The zero-order valence-electron chi connectivity index (χ0n) is 10.1. The number of aromatic amines is 1. The molecule has 0 amide bonds. The molecule has 0 aromatic carbocycles. The molecule has 1 aliphatic heterocycles. The van der Waals surface area contributed by atoms with Crippen molar-refractivity contribution in [3.05, 3.63) is 6.33 Å². The Morgan fingerprint density at radius 2 is 2.24 bits per heavy atom. The lowest BCUT2D eigenvalue weighted by Gasteiger charge is -2.20. The number of nitrogens with one attached hydrogen (secondary N) is 1. The SMILES string of the molecule is CC1(C)CCN(c2nc(N)nc3nc[nH]c23)C1. The molecule has 0 atom stereocenters. The number of anilines is 2. The van der Waals surface area contributed by atoms with E-state index in [1.165, 1.54) is 0 Å². The third kappa shape index (κ3) is 1.69. The molecule has 3 heterocycles. The number of nitrogens with zero attached hydrogens (tertiary/aromatic N) is 4. The number of nitrogens with two attached hydrogens (primary N) is 1. The highest BCUT2D eigenvalue weighted by Gasteiger charge is 2.31. The summed E-state index contributed by atoms with van der Waals surface area (Å²) in [5, 5.41) is 0.